The number of ether oxygens (including phenoxy) is 3. The number of esters is 2. The quantitative estimate of drug-likeness (QED) is 0.130. The fourth-order valence-electron chi connectivity index (χ4n) is 5.54. The van der Waals surface area contributed by atoms with Crippen molar-refractivity contribution in [2.24, 2.45) is 5.92 Å². The lowest BCUT2D eigenvalue weighted by Crippen LogP contribution is -2.48. The van der Waals surface area contributed by atoms with E-state index in [9.17, 15) is 14.4 Å². The lowest BCUT2D eigenvalue weighted by molar-refractivity contribution is -0.143. The van der Waals surface area contributed by atoms with Gasteiger partial charge in [0.25, 0.3) is 0 Å². The van der Waals surface area contributed by atoms with Crippen LogP contribution in [0.1, 0.15) is 87.2 Å². The van der Waals surface area contributed by atoms with Crippen LogP contribution in [0.25, 0.3) is 6.08 Å². The Morgan fingerprint density at radius 1 is 0.844 bits per heavy atom. The fourth-order valence-corrected chi connectivity index (χ4v) is 5.54. The monoisotopic (exact) mass is 620 g/mol. The predicted octanol–water partition coefficient (Wildman–Crippen LogP) is 6.57. The minimum absolute atomic E-state index is 0.141. The first-order valence-electron chi connectivity index (χ1n) is 16.7. The summed E-state index contributed by atoms with van der Waals surface area (Å²) >= 11 is 0. The van der Waals surface area contributed by atoms with Gasteiger partial charge in [0.15, 0.2) is 0 Å². The second-order valence-corrected chi connectivity index (χ2v) is 11.6. The van der Waals surface area contributed by atoms with Gasteiger partial charge in [0.1, 0.15) is 5.75 Å². The highest BCUT2D eigenvalue weighted by Gasteiger charge is 2.18. The lowest BCUT2D eigenvalue weighted by atomic mass is 9.92. The van der Waals surface area contributed by atoms with E-state index in [-0.39, 0.29) is 23.8 Å². The van der Waals surface area contributed by atoms with E-state index < -0.39 is 0 Å². The summed E-state index contributed by atoms with van der Waals surface area (Å²) in [5.74, 6) is 0.864. The molecular weight excluding hydrogens is 568 g/mol. The van der Waals surface area contributed by atoms with Crippen molar-refractivity contribution in [3.63, 3.8) is 0 Å². The Morgan fingerprint density at radius 2 is 1.58 bits per heavy atom. The number of unbranched alkanes of at least 4 members (excludes halogenated alkanes) is 3. The molecule has 0 aromatic heterocycles. The Kier molecular flexibility index (Phi) is 16.2. The van der Waals surface area contributed by atoms with Gasteiger partial charge in [0, 0.05) is 45.1 Å². The minimum Gasteiger partial charge on any atom is -0.493 e. The third-order valence-electron chi connectivity index (χ3n) is 8.13. The van der Waals surface area contributed by atoms with Crippen molar-refractivity contribution < 1.29 is 28.6 Å². The van der Waals surface area contributed by atoms with Gasteiger partial charge in [-0.2, -0.15) is 0 Å². The number of nitrogens with zero attached hydrogens (tertiary/aromatic N) is 2. The number of carbonyl (C=O) groups is 3. The summed E-state index contributed by atoms with van der Waals surface area (Å²) in [5, 5.41) is 0. The summed E-state index contributed by atoms with van der Waals surface area (Å²) in [6.07, 6.45) is 11.5. The van der Waals surface area contributed by atoms with Crippen LogP contribution in [0, 0.1) is 5.92 Å². The highest BCUT2D eigenvalue weighted by molar-refractivity contribution is 5.89. The van der Waals surface area contributed by atoms with Crippen molar-refractivity contribution in [1.82, 2.24) is 9.80 Å². The van der Waals surface area contributed by atoms with Crippen molar-refractivity contribution in [2.75, 3.05) is 52.5 Å². The molecule has 2 aromatic rings. The molecule has 246 valence electrons. The van der Waals surface area contributed by atoms with Crippen LogP contribution in [0.4, 0.5) is 0 Å². The number of hydrogen-bond donors (Lipinski definition) is 0. The highest BCUT2D eigenvalue weighted by Crippen LogP contribution is 2.24. The standard InChI is InChI=1S/C37H52N2O6/c1-4-43-36(41)16-10-7-13-31(29-32-18-21-34(22-19-32)37(42)44-5-2)17-20-33-14-8-9-15-35(33)45-28-12-6-11-23-38-24-26-39(27-25-38)30(3)40/h8-9,14-15,17-22,31H,4-7,10-13,16,23-29H2,1-3H3. The molecule has 45 heavy (non-hydrogen) atoms. The normalized spacial score (nSPS) is 14.3. The second-order valence-electron chi connectivity index (χ2n) is 11.6. The average molecular weight is 621 g/mol. The van der Waals surface area contributed by atoms with Gasteiger partial charge in [-0.25, -0.2) is 4.79 Å². The first-order valence-corrected chi connectivity index (χ1v) is 16.7. The van der Waals surface area contributed by atoms with Gasteiger partial charge >= 0.3 is 11.9 Å². The van der Waals surface area contributed by atoms with Gasteiger partial charge in [-0.15, -0.1) is 0 Å². The molecule has 1 unspecified atom stereocenters. The van der Waals surface area contributed by atoms with Crippen LogP contribution in [0.3, 0.4) is 0 Å². The van der Waals surface area contributed by atoms with Crippen molar-refractivity contribution in [2.45, 2.75) is 72.1 Å². The first-order chi connectivity index (χ1) is 21.9. The summed E-state index contributed by atoms with van der Waals surface area (Å²) < 4.78 is 16.4. The molecule has 0 spiro atoms. The van der Waals surface area contributed by atoms with Gasteiger partial charge in [0.05, 0.1) is 25.4 Å². The molecule has 8 heteroatoms. The van der Waals surface area contributed by atoms with Crippen molar-refractivity contribution >= 4 is 23.9 Å². The molecule has 0 N–H and O–H groups in total. The molecule has 0 radical (unpaired) electrons. The Balaban J connectivity index is 1.52. The van der Waals surface area contributed by atoms with E-state index in [1.807, 2.05) is 54.3 Å². The Labute approximate surface area is 269 Å². The number of piperazine rings is 1. The number of benzene rings is 2. The van der Waals surface area contributed by atoms with E-state index in [0.29, 0.717) is 31.8 Å². The van der Waals surface area contributed by atoms with Crippen molar-refractivity contribution in [3.05, 3.63) is 71.3 Å². The molecule has 1 fully saturated rings. The second kappa shape index (κ2) is 20.4. The van der Waals surface area contributed by atoms with Gasteiger partial charge in [0.2, 0.25) is 5.91 Å². The molecule has 0 saturated carbocycles. The zero-order valence-corrected chi connectivity index (χ0v) is 27.5. The predicted molar refractivity (Wildman–Crippen MR) is 178 cm³/mol. The number of amides is 1. The highest BCUT2D eigenvalue weighted by atomic mass is 16.5. The number of allylic oxidation sites excluding steroid dienone is 1. The van der Waals surface area contributed by atoms with Crippen LogP contribution in [0.2, 0.25) is 0 Å². The summed E-state index contributed by atoms with van der Waals surface area (Å²) in [4.78, 5) is 39.8. The maximum absolute atomic E-state index is 12.1. The summed E-state index contributed by atoms with van der Waals surface area (Å²) in [7, 11) is 0. The molecular formula is C37H52N2O6. The maximum Gasteiger partial charge on any atom is 0.338 e. The minimum atomic E-state index is -0.305. The Morgan fingerprint density at radius 3 is 2.29 bits per heavy atom. The summed E-state index contributed by atoms with van der Waals surface area (Å²) in [6.45, 7) is 11.4. The van der Waals surface area contributed by atoms with Gasteiger partial charge in [-0.1, -0.05) is 48.9 Å². The summed E-state index contributed by atoms with van der Waals surface area (Å²) in [6, 6.07) is 15.8. The zero-order valence-electron chi connectivity index (χ0n) is 27.5. The summed E-state index contributed by atoms with van der Waals surface area (Å²) in [5.41, 5.74) is 2.75. The van der Waals surface area contributed by atoms with Crippen LogP contribution >= 0.6 is 0 Å². The molecule has 0 bridgehead atoms. The van der Waals surface area contributed by atoms with E-state index in [4.69, 9.17) is 14.2 Å². The number of rotatable bonds is 19. The zero-order chi connectivity index (χ0) is 32.3. The molecule has 1 saturated heterocycles. The average Bonchev–Trinajstić information content (AvgIpc) is 3.04. The topological polar surface area (TPSA) is 85.4 Å². The van der Waals surface area contributed by atoms with E-state index in [1.165, 1.54) is 0 Å². The van der Waals surface area contributed by atoms with Crippen LogP contribution < -0.4 is 4.74 Å². The number of para-hydroxylation sites is 1. The van der Waals surface area contributed by atoms with Crippen LogP contribution in [-0.4, -0.2) is 80.2 Å². The first kappa shape index (κ1) is 35.8. The van der Waals surface area contributed by atoms with Crippen LogP contribution in [0.5, 0.6) is 5.75 Å². The molecule has 1 aliphatic heterocycles. The largest absolute Gasteiger partial charge is 0.493 e. The third-order valence-corrected chi connectivity index (χ3v) is 8.13. The molecule has 0 aliphatic carbocycles. The Hall–Kier alpha value is -3.65. The number of hydrogen-bond acceptors (Lipinski definition) is 7. The molecule has 1 amide bonds. The van der Waals surface area contributed by atoms with E-state index in [0.717, 1.165) is 94.5 Å². The Bertz CT molecular complexity index is 1200. The van der Waals surface area contributed by atoms with Crippen LogP contribution in [0.15, 0.2) is 54.6 Å². The molecule has 1 heterocycles. The molecule has 3 rings (SSSR count). The molecule has 1 atom stereocenters. The lowest BCUT2D eigenvalue weighted by Gasteiger charge is -2.34. The number of carbonyl (C=O) groups excluding carboxylic acids is 3. The third kappa shape index (κ3) is 13.5. The van der Waals surface area contributed by atoms with Gasteiger partial charge < -0.3 is 19.1 Å². The molecule has 2 aromatic carbocycles. The van der Waals surface area contributed by atoms with Gasteiger partial charge in [-0.05, 0) is 88.6 Å². The maximum atomic E-state index is 12.1. The van der Waals surface area contributed by atoms with E-state index in [2.05, 4.69) is 23.1 Å². The van der Waals surface area contributed by atoms with E-state index in [1.54, 1.807) is 13.8 Å². The van der Waals surface area contributed by atoms with Crippen molar-refractivity contribution in [1.29, 1.82) is 0 Å². The molecule has 8 nitrogen and oxygen atoms in total. The van der Waals surface area contributed by atoms with Gasteiger partial charge in [-0.3, -0.25) is 14.5 Å². The van der Waals surface area contributed by atoms with Crippen LogP contribution in [-0.2, 0) is 25.5 Å². The SMILES string of the molecule is CCOC(=O)CCCCC(C=Cc1ccccc1OCCCCCN1CCN(C(C)=O)CC1)Cc1ccc(C(=O)OCC)cc1. The fraction of sp³-hybridized carbons (Fsp3) is 0.541. The smallest absolute Gasteiger partial charge is 0.338 e. The van der Waals surface area contributed by atoms with Crippen molar-refractivity contribution in [3.8, 4) is 5.75 Å². The van der Waals surface area contributed by atoms with E-state index >= 15 is 0 Å². The molecule has 1 aliphatic rings.